The number of halogens is 5. The third-order valence-electron chi connectivity index (χ3n) is 5.14. The van der Waals surface area contributed by atoms with E-state index in [1.807, 2.05) is 0 Å². The summed E-state index contributed by atoms with van der Waals surface area (Å²) in [4.78, 5) is 12.0. The predicted octanol–water partition coefficient (Wildman–Crippen LogP) is 5.50. The molecule has 0 aliphatic carbocycles. The molecule has 0 saturated heterocycles. The lowest BCUT2D eigenvalue weighted by Crippen LogP contribution is -2.29. The standard InChI is InChI=1S/C22H15ClF4N2O3S/c23-17-5-2-6-18(24)20(17)21(30)28-15-8-7-13-9-10-29(19(13)12-15)33(31,32)16-4-1-3-14(11-16)22(25,26)27/h1-8,11-12H,9-10H2,(H,28,30). The zero-order valence-electron chi connectivity index (χ0n) is 16.7. The van der Waals surface area contributed by atoms with Crippen molar-refractivity contribution in [2.75, 3.05) is 16.2 Å². The quantitative estimate of drug-likeness (QED) is 0.483. The Bertz CT molecular complexity index is 1340. The molecule has 1 heterocycles. The van der Waals surface area contributed by atoms with Crippen LogP contribution >= 0.6 is 11.6 Å². The minimum absolute atomic E-state index is 0.0183. The largest absolute Gasteiger partial charge is 0.416 e. The highest BCUT2D eigenvalue weighted by atomic mass is 35.5. The van der Waals surface area contributed by atoms with Crippen LogP contribution in [0.1, 0.15) is 21.5 Å². The molecule has 0 bridgehead atoms. The van der Waals surface area contributed by atoms with Crippen LogP contribution in [0.15, 0.2) is 65.6 Å². The minimum Gasteiger partial charge on any atom is -0.322 e. The Morgan fingerprint density at radius 3 is 2.45 bits per heavy atom. The number of sulfonamides is 1. The number of nitrogens with zero attached hydrogens (tertiary/aromatic N) is 1. The van der Waals surface area contributed by atoms with Gasteiger partial charge >= 0.3 is 6.18 Å². The SMILES string of the molecule is O=C(Nc1ccc2c(c1)N(S(=O)(=O)c1cccc(C(F)(F)F)c1)CC2)c1c(F)cccc1Cl. The fourth-order valence-corrected chi connectivity index (χ4v) is 5.34. The number of hydrogen-bond donors (Lipinski definition) is 1. The molecule has 0 radical (unpaired) electrons. The monoisotopic (exact) mass is 498 g/mol. The van der Waals surface area contributed by atoms with Crippen molar-refractivity contribution in [3.05, 3.63) is 88.2 Å². The summed E-state index contributed by atoms with van der Waals surface area (Å²) in [5.74, 6) is -1.65. The Morgan fingerprint density at radius 2 is 1.76 bits per heavy atom. The third-order valence-corrected chi connectivity index (χ3v) is 7.26. The average molecular weight is 499 g/mol. The van der Waals surface area contributed by atoms with Gasteiger partial charge in [0.05, 0.1) is 26.7 Å². The van der Waals surface area contributed by atoms with Gasteiger partial charge in [0.15, 0.2) is 0 Å². The Balaban J connectivity index is 1.66. The highest BCUT2D eigenvalue weighted by Gasteiger charge is 2.35. The van der Waals surface area contributed by atoms with Crippen LogP contribution in [0.5, 0.6) is 0 Å². The van der Waals surface area contributed by atoms with Gasteiger partial charge in [-0.05, 0) is 54.4 Å². The van der Waals surface area contributed by atoms with E-state index in [-0.39, 0.29) is 28.5 Å². The van der Waals surface area contributed by atoms with Gasteiger partial charge in [-0.15, -0.1) is 0 Å². The molecule has 11 heteroatoms. The lowest BCUT2D eigenvalue weighted by Gasteiger charge is -2.21. The van der Waals surface area contributed by atoms with Crippen molar-refractivity contribution in [3.8, 4) is 0 Å². The van der Waals surface area contributed by atoms with E-state index < -0.39 is 38.4 Å². The van der Waals surface area contributed by atoms with Crippen molar-refractivity contribution in [2.45, 2.75) is 17.5 Å². The van der Waals surface area contributed by atoms with Crippen molar-refractivity contribution in [2.24, 2.45) is 0 Å². The maximum atomic E-state index is 14.0. The van der Waals surface area contributed by atoms with Crippen molar-refractivity contribution in [1.82, 2.24) is 0 Å². The van der Waals surface area contributed by atoms with E-state index in [1.54, 1.807) is 6.07 Å². The normalized spacial score (nSPS) is 13.7. The number of carbonyl (C=O) groups is 1. The van der Waals surface area contributed by atoms with Gasteiger partial charge in [0.1, 0.15) is 5.82 Å². The smallest absolute Gasteiger partial charge is 0.322 e. The van der Waals surface area contributed by atoms with E-state index in [9.17, 15) is 30.8 Å². The summed E-state index contributed by atoms with van der Waals surface area (Å²) < 4.78 is 80.4. The van der Waals surface area contributed by atoms with Crippen LogP contribution in [0.2, 0.25) is 5.02 Å². The number of hydrogen-bond acceptors (Lipinski definition) is 3. The lowest BCUT2D eigenvalue weighted by molar-refractivity contribution is -0.137. The van der Waals surface area contributed by atoms with Crippen LogP contribution in [0, 0.1) is 5.82 Å². The van der Waals surface area contributed by atoms with Crippen LogP contribution in [0.4, 0.5) is 28.9 Å². The molecule has 1 N–H and O–H groups in total. The first-order chi connectivity index (χ1) is 15.5. The molecular weight excluding hydrogens is 484 g/mol. The molecule has 0 unspecified atom stereocenters. The van der Waals surface area contributed by atoms with Crippen LogP contribution in [0.25, 0.3) is 0 Å². The molecule has 0 spiro atoms. The molecule has 3 aromatic carbocycles. The van der Waals surface area contributed by atoms with Gasteiger partial charge in [-0.25, -0.2) is 12.8 Å². The summed E-state index contributed by atoms with van der Waals surface area (Å²) in [7, 11) is -4.31. The van der Waals surface area contributed by atoms with E-state index in [0.717, 1.165) is 28.6 Å². The average Bonchev–Trinajstić information content (AvgIpc) is 3.17. The second-order valence-electron chi connectivity index (χ2n) is 7.25. The van der Waals surface area contributed by atoms with Gasteiger partial charge < -0.3 is 5.32 Å². The van der Waals surface area contributed by atoms with Crippen LogP contribution in [-0.2, 0) is 22.6 Å². The summed E-state index contributed by atoms with van der Waals surface area (Å²) in [5, 5.41) is 2.38. The van der Waals surface area contributed by atoms with Crippen LogP contribution in [-0.4, -0.2) is 20.9 Å². The second-order valence-corrected chi connectivity index (χ2v) is 9.52. The van der Waals surface area contributed by atoms with Gasteiger partial charge in [-0.3, -0.25) is 9.10 Å². The van der Waals surface area contributed by atoms with E-state index >= 15 is 0 Å². The Hall–Kier alpha value is -3.11. The second kappa shape index (κ2) is 8.35. The Kier molecular flexibility index (Phi) is 5.83. The summed E-state index contributed by atoms with van der Waals surface area (Å²) >= 11 is 5.91. The summed E-state index contributed by atoms with van der Waals surface area (Å²) in [6.07, 6.45) is -4.36. The van der Waals surface area contributed by atoms with Gasteiger partial charge in [0.25, 0.3) is 15.9 Å². The number of alkyl halides is 3. The molecule has 3 aromatic rings. The number of fused-ring (bicyclic) bond motifs is 1. The molecule has 0 fully saturated rings. The van der Waals surface area contributed by atoms with E-state index in [1.165, 1.54) is 24.3 Å². The number of anilines is 2. The van der Waals surface area contributed by atoms with Crippen molar-refractivity contribution in [1.29, 1.82) is 0 Å². The Morgan fingerprint density at radius 1 is 1.03 bits per heavy atom. The Labute approximate surface area is 191 Å². The number of benzene rings is 3. The third kappa shape index (κ3) is 4.40. The number of rotatable bonds is 4. The number of carbonyl (C=O) groups excluding carboxylic acids is 1. The lowest BCUT2D eigenvalue weighted by atomic mass is 10.1. The molecule has 1 amide bonds. The van der Waals surface area contributed by atoms with Gasteiger partial charge in [-0.1, -0.05) is 29.8 Å². The predicted molar refractivity (Wildman–Crippen MR) is 115 cm³/mol. The molecule has 1 aliphatic heterocycles. The molecule has 172 valence electrons. The summed E-state index contributed by atoms with van der Waals surface area (Å²) in [6.45, 7) is 0.0183. The fourth-order valence-electron chi connectivity index (χ4n) is 3.55. The van der Waals surface area contributed by atoms with Crippen molar-refractivity contribution < 1.29 is 30.8 Å². The van der Waals surface area contributed by atoms with Crippen molar-refractivity contribution >= 4 is 38.9 Å². The summed E-state index contributed by atoms with van der Waals surface area (Å²) in [6, 6.07) is 11.8. The molecular formula is C22H15ClF4N2O3S. The van der Waals surface area contributed by atoms with E-state index in [4.69, 9.17) is 11.6 Å². The first-order valence-corrected chi connectivity index (χ1v) is 11.4. The molecule has 4 rings (SSSR count). The van der Waals surface area contributed by atoms with E-state index in [2.05, 4.69) is 5.32 Å². The first-order valence-electron chi connectivity index (χ1n) is 9.57. The number of amides is 1. The van der Waals surface area contributed by atoms with Crippen molar-refractivity contribution in [3.63, 3.8) is 0 Å². The molecule has 0 atom stereocenters. The van der Waals surface area contributed by atoms with Crippen LogP contribution in [0.3, 0.4) is 0 Å². The minimum atomic E-state index is -4.69. The maximum absolute atomic E-state index is 14.0. The maximum Gasteiger partial charge on any atom is 0.416 e. The molecule has 1 aliphatic rings. The highest BCUT2D eigenvalue weighted by Crippen LogP contribution is 2.37. The zero-order valence-corrected chi connectivity index (χ0v) is 18.2. The zero-order chi connectivity index (χ0) is 24.0. The number of nitrogens with one attached hydrogen (secondary N) is 1. The van der Waals surface area contributed by atoms with Gasteiger partial charge in [-0.2, -0.15) is 13.2 Å². The highest BCUT2D eigenvalue weighted by molar-refractivity contribution is 7.92. The molecule has 5 nitrogen and oxygen atoms in total. The summed E-state index contributed by atoms with van der Waals surface area (Å²) in [5.41, 5.74) is -0.430. The first kappa shape index (κ1) is 23.1. The van der Waals surface area contributed by atoms with Crippen LogP contribution < -0.4 is 9.62 Å². The molecule has 33 heavy (non-hydrogen) atoms. The fraction of sp³-hybridized carbons (Fsp3) is 0.136. The molecule has 0 aromatic heterocycles. The topological polar surface area (TPSA) is 66.5 Å². The molecule has 0 saturated carbocycles. The van der Waals surface area contributed by atoms with E-state index in [0.29, 0.717) is 18.1 Å². The van der Waals surface area contributed by atoms with Gasteiger partial charge in [0, 0.05) is 12.2 Å². The van der Waals surface area contributed by atoms with Gasteiger partial charge in [0.2, 0.25) is 0 Å².